The number of amides is 2. The first kappa shape index (κ1) is 15.3. The normalized spacial score (nSPS) is 19.9. The van der Waals surface area contributed by atoms with Gasteiger partial charge < -0.3 is 10.2 Å². The highest BCUT2D eigenvalue weighted by molar-refractivity contribution is 14.1. The average molecular weight is 440 g/mol. The summed E-state index contributed by atoms with van der Waals surface area (Å²) < 4.78 is 1.24. The highest BCUT2D eigenvalue weighted by Gasteiger charge is 2.29. The Labute approximate surface area is 152 Å². The van der Waals surface area contributed by atoms with E-state index in [4.69, 9.17) is 0 Å². The molecule has 1 saturated heterocycles. The first-order valence-corrected chi connectivity index (χ1v) is 9.66. The van der Waals surface area contributed by atoms with Crippen LogP contribution in [-0.2, 0) is 13.1 Å². The third-order valence-electron chi connectivity index (χ3n) is 4.42. The minimum Gasteiger partial charge on any atom is -0.316 e. The molecule has 7 heteroatoms. The second-order valence-electron chi connectivity index (χ2n) is 5.91. The van der Waals surface area contributed by atoms with Crippen molar-refractivity contribution >= 4 is 45.1 Å². The van der Waals surface area contributed by atoms with E-state index in [1.165, 1.54) is 44.4 Å². The highest BCUT2D eigenvalue weighted by Crippen LogP contribution is 2.35. The lowest BCUT2D eigenvalue weighted by Gasteiger charge is -2.17. The minimum atomic E-state index is -0.0727. The van der Waals surface area contributed by atoms with Crippen molar-refractivity contribution in [2.45, 2.75) is 32.0 Å². The number of hydrogen-bond donors (Lipinski definition) is 2. The lowest BCUT2D eigenvalue weighted by Crippen LogP contribution is -2.30. The van der Waals surface area contributed by atoms with E-state index in [0.717, 1.165) is 6.54 Å². The van der Waals surface area contributed by atoms with E-state index in [-0.39, 0.29) is 6.03 Å². The van der Waals surface area contributed by atoms with Gasteiger partial charge in [-0.25, -0.2) is 9.78 Å². The first-order chi connectivity index (χ1) is 11.2. The van der Waals surface area contributed by atoms with Crippen molar-refractivity contribution in [3.63, 3.8) is 0 Å². The number of anilines is 1. The van der Waals surface area contributed by atoms with E-state index >= 15 is 0 Å². The number of nitrogens with zero attached hydrogens (tertiary/aromatic N) is 2. The summed E-state index contributed by atoms with van der Waals surface area (Å²) in [5.41, 5.74) is 3.96. The van der Waals surface area contributed by atoms with Gasteiger partial charge in [0.1, 0.15) is 0 Å². The Kier molecular flexibility index (Phi) is 4.25. The van der Waals surface area contributed by atoms with Gasteiger partial charge in [-0.15, -0.1) is 11.3 Å². The van der Waals surface area contributed by atoms with Crippen molar-refractivity contribution in [2.75, 3.05) is 11.9 Å². The van der Waals surface area contributed by atoms with E-state index in [9.17, 15) is 4.79 Å². The SMILES string of the molecule is O=C(Nc1nccs1)N1Cc2cc(I)cc([C@@H]3CCCN3)c2C1. The number of hydrogen-bond acceptors (Lipinski definition) is 4. The number of carbonyl (C=O) groups excluding carboxylic acids is 1. The molecule has 5 nitrogen and oxygen atoms in total. The average Bonchev–Trinajstić information content (AvgIpc) is 3.27. The topological polar surface area (TPSA) is 57.3 Å². The fourth-order valence-corrected chi connectivity index (χ4v) is 4.59. The number of halogens is 1. The number of nitrogens with one attached hydrogen (secondary N) is 2. The molecular weight excluding hydrogens is 423 g/mol. The molecular formula is C16H17IN4OS. The third kappa shape index (κ3) is 3.09. The zero-order valence-electron chi connectivity index (χ0n) is 12.5. The molecule has 0 bridgehead atoms. The smallest absolute Gasteiger partial charge is 0.316 e. The maximum Gasteiger partial charge on any atom is 0.324 e. The molecule has 120 valence electrons. The molecule has 0 spiro atoms. The van der Waals surface area contributed by atoms with Crippen LogP contribution in [0.15, 0.2) is 23.7 Å². The summed E-state index contributed by atoms with van der Waals surface area (Å²) in [5, 5.41) is 8.97. The number of benzene rings is 1. The molecule has 2 amide bonds. The van der Waals surface area contributed by atoms with E-state index < -0.39 is 0 Å². The molecule has 3 heterocycles. The van der Waals surface area contributed by atoms with Crippen LogP contribution in [0.4, 0.5) is 9.93 Å². The van der Waals surface area contributed by atoms with Crippen LogP contribution in [0.3, 0.4) is 0 Å². The van der Waals surface area contributed by atoms with Gasteiger partial charge >= 0.3 is 6.03 Å². The molecule has 2 aromatic rings. The van der Waals surface area contributed by atoms with E-state index in [1.807, 2.05) is 10.3 Å². The van der Waals surface area contributed by atoms with Gasteiger partial charge in [0.25, 0.3) is 0 Å². The van der Waals surface area contributed by atoms with E-state index in [1.54, 1.807) is 6.20 Å². The predicted octanol–water partition coefficient (Wildman–Crippen LogP) is 3.72. The maximum atomic E-state index is 12.5. The van der Waals surface area contributed by atoms with Crippen LogP contribution in [0.2, 0.25) is 0 Å². The van der Waals surface area contributed by atoms with E-state index in [0.29, 0.717) is 24.3 Å². The Bertz CT molecular complexity index is 728. The molecule has 1 aromatic heterocycles. The largest absolute Gasteiger partial charge is 0.324 e. The van der Waals surface area contributed by atoms with Crippen molar-refractivity contribution in [3.05, 3.63) is 44.0 Å². The second-order valence-corrected chi connectivity index (χ2v) is 8.05. The van der Waals surface area contributed by atoms with Gasteiger partial charge in [0.2, 0.25) is 0 Å². The summed E-state index contributed by atoms with van der Waals surface area (Å²) in [6.07, 6.45) is 4.10. The molecule has 23 heavy (non-hydrogen) atoms. The van der Waals surface area contributed by atoms with Crippen LogP contribution < -0.4 is 10.6 Å². The van der Waals surface area contributed by atoms with Gasteiger partial charge in [-0.1, -0.05) is 0 Å². The fraction of sp³-hybridized carbons (Fsp3) is 0.375. The zero-order valence-corrected chi connectivity index (χ0v) is 15.5. The Balaban J connectivity index is 1.56. The Hall–Kier alpha value is -1.19. The Morgan fingerprint density at radius 2 is 2.35 bits per heavy atom. The summed E-state index contributed by atoms with van der Waals surface area (Å²) in [6, 6.07) is 4.83. The molecule has 0 saturated carbocycles. The van der Waals surface area contributed by atoms with Gasteiger partial charge in [0.05, 0.1) is 0 Å². The summed E-state index contributed by atoms with van der Waals surface area (Å²) in [7, 11) is 0. The van der Waals surface area contributed by atoms with Crippen LogP contribution in [0, 0.1) is 3.57 Å². The van der Waals surface area contributed by atoms with Gasteiger partial charge in [0, 0.05) is 34.3 Å². The van der Waals surface area contributed by atoms with Crippen molar-refractivity contribution in [3.8, 4) is 0 Å². The molecule has 2 N–H and O–H groups in total. The van der Waals surface area contributed by atoms with Crippen molar-refractivity contribution in [1.29, 1.82) is 0 Å². The number of carbonyl (C=O) groups is 1. The molecule has 2 aliphatic heterocycles. The molecule has 0 aliphatic carbocycles. The monoisotopic (exact) mass is 440 g/mol. The first-order valence-electron chi connectivity index (χ1n) is 7.71. The van der Waals surface area contributed by atoms with Gasteiger partial charge in [0.15, 0.2) is 5.13 Å². The summed E-state index contributed by atoms with van der Waals surface area (Å²) in [5.74, 6) is 0. The lowest BCUT2D eigenvalue weighted by atomic mass is 9.96. The molecule has 1 atom stereocenters. The molecule has 1 aromatic carbocycles. The Morgan fingerprint density at radius 1 is 1.43 bits per heavy atom. The second kappa shape index (κ2) is 6.37. The van der Waals surface area contributed by atoms with Gasteiger partial charge in [-0.2, -0.15) is 0 Å². The molecule has 2 aliphatic rings. The highest BCUT2D eigenvalue weighted by atomic mass is 127. The van der Waals surface area contributed by atoms with Gasteiger partial charge in [-0.05, 0) is 70.8 Å². The molecule has 0 radical (unpaired) electrons. The summed E-state index contributed by atoms with van der Waals surface area (Å²) >= 11 is 3.81. The molecule has 1 fully saturated rings. The van der Waals surface area contributed by atoms with Crippen LogP contribution in [0.5, 0.6) is 0 Å². The quantitative estimate of drug-likeness (QED) is 0.701. The molecule has 0 unspecified atom stereocenters. The van der Waals surface area contributed by atoms with E-state index in [2.05, 4.69) is 50.3 Å². The zero-order chi connectivity index (χ0) is 15.8. The standard InChI is InChI=1S/C16H17IN4OS/c17-11-6-10-8-21(16(22)20-15-19-4-5-23-15)9-13(10)12(7-11)14-2-1-3-18-14/h4-7,14,18H,1-3,8-9H2,(H,19,20,22)/t14-/m0/s1. The fourth-order valence-electron chi connectivity index (χ4n) is 3.36. The minimum absolute atomic E-state index is 0.0727. The number of thiazole rings is 1. The lowest BCUT2D eigenvalue weighted by molar-refractivity contribution is 0.212. The van der Waals surface area contributed by atoms with Crippen LogP contribution >= 0.6 is 33.9 Å². The Morgan fingerprint density at radius 3 is 3.09 bits per heavy atom. The van der Waals surface area contributed by atoms with Crippen molar-refractivity contribution < 1.29 is 4.79 Å². The number of aromatic nitrogens is 1. The number of rotatable bonds is 2. The maximum absolute atomic E-state index is 12.5. The summed E-state index contributed by atoms with van der Waals surface area (Å²) in [4.78, 5) is 18.4. The van der Waals surface area contributed by atoms with Crippen molar-refractivity contribution in [2.24, 2.45) is 0 Å². The predicted molar refractivity (Wildman–Crippen MR) is 99.5 cm³/mol. The molecule has 4 rings (SSSR count). The van der Waals surface area contributed by atoms with Gasteiger partial charge in [-0.3, -0.25) is 5.32 Å². The number of fused-ring (bicyclic) bond motifs is 1. The van der Waals surface area contributed by atoms with Crippen molar-refractivity contribution in [1.82, 2.24) is 15.2 Å². The van der Waals surface area contributed by atoms with Crippen LogP contribution in [0.1, 0.15) is 35.6 Å². The number of urea groups is 1. The van der Waals surface area contributed by atoms with Crippen LogP contribution in [-0.4, -0.2) is 22.5 Å². The third-order valence-corrected chi connectivity index (χ3v) is 5.73. The summed E-state index contributed by atoms with van der Waals surface area (Å²) in [6.45, 7) is 2.43. The van der Waals surface area contributed by atoms with Crippen LogP contribution in [0.25, 0.3) is 0 Å².